The summed E-state index contributed by atoms with van der Waals surface area (Å²) in [4.78, 5) is 0. The van der Waals surface area contributed by atoms with Crippen LogP contribution in [0, 0.1) is 0 Å². The molecule has 0 aliphatic rings. The molecule has 0 saturated carbocycles. The zero-order valence-corrected chi connectivity index (χ0v) is 11.4. The van der Waals surface area contributed by atoms with Gasteiger partial charge in [0, 0.05) is 6.07 Å². The standard InChI is InChI=1S/C7H5F3O5S.C2H6S/c8-7(9,10)16(13,14)15-6-2-1-4(11)3-5(6)12;1-3-2/h1-3,11-12H;1-2H3. The third-order valence-corrected chi connectivity index (χ3v) is 2.39. The lowest BCUT2D eigenvalue weighted by molar-refractivity contribution is -0.0500. The van der Waals surface area contributed by atoms with Crippen LogP contribution in [-0.4, -0.2) is 36.7 Å². The predicted octanol–water partition coefficient (Wildman–Crippen LogP) is 2.31. The molecule has 0 bridgehead atoms. The second kappa shape index (κ2) is 6.75. The normalized spacial score (nSPS) is 11.4. The van der Waals surface area contributed by atoms with Crippen molar-refractivity contribution in [1.82, 2.24) is 0 Å². The van der Waals surface area contributed by atoms with Crippen LogP contribution in [0.2, 0.25) is 0 Å². The van der Waals surface area contributed by atoms with Crippen LogP contribution in [0.1, 0.15) is 0 Å². The molecule has 5 nitrogen and oxygen atoms in total. The molecule has 0 fully saturated rings. The fourth-order valence-corrected chi connectivity index (χ4v) is 1.21. The molecular weight excluding hydrogens is 309 g/mol. The molecule has 0 heterocycles. The van der Waals surface area contributed by atoms with Gasteiger partial charge in [0.2, 0.25) is 0 Å². The Hall–Kier alpha value is -1.29. The van der Waals surface area contributed by atoms with E-state index in [1.165, 1.54) is 0 Å². The minimum Gasteiger partial charge on any atom is -0.508 e. The number of thioether (sulfide) groups is 1. The monoisotopic (exact) mass is 320 g/mol. The van der Waals surface area contributed by atoms with Crippen molar-refractivity contribution in [3.8, 4) is 17.2 Å². The Kier molecular flexibility index (Phi) is 6.30. The van der Waals surface area contributed by atoms with Crippen molar-refractivity contribution in [2.45, 2.75) is 5.51 Å². The molecule has 0 unspecified atom stereocenters. The lowest BCUT2D eigenvalue weighted by Gasteiger charge is -2.10. The summed E-state index contributed by atoms with van der Waals surface area (Å²) in [6, 6.07) is 2.19. The van der Waals surface area contributed by atoms with Crippen LogP contribution < -0.4 is 4.18 Å². The van der Waals surface area contributed by atoms with E-state index in [2.05, 4.69) is 4.18 Å². The van der Waals surface area contributed by atoms with Crippen LogP contribution in [0.5, 0.6) is 17.2 Å². The van der Waals surface area contributed by atoms with Crippen LogP contribution in [0.4, 0.5) is 13.2 Å². The maximum absolute atomic E-state index is 11.9. The van der Waals surface area contributed by atoms with Crippen molar-refractivity contribution in [3.05, 3.63) is 18.2 Å². The highest BCUT2D eigenvalue weighted by Crippen LogP contribution is 2.34. The van der Waals surface area contributed by atoms with Crippen molar-refractivity contribution < 1.29 is 36.0 Å². The van der Waals surface area contributed by atoms with Crippen LogP contribution >= 0.6 is 11.8 Å². The van der Waals surface area contributed by atoms with Crippen molar-refractivity contribution >= 4 is 21.9 Å². The Labute approximate surface area is 112 Å². The zero-order chi connectivity index (χ0) is 15.3. The fourth-order valence-electron chi connectivity index (χ4n) is 0.742. The fraction of sp³-hybridized carbons (Fsp3) is 0.333. The molecule has 10 heteroatoms. The summed E-state index contributed by atoms with van der Waals surface area (Å²) < 4.78 is 60.4. The summed E-state index contributed by atoms with van der Waals surface area (Å²) >= 11 is 1.75. The van der Waals surface area contributed by atoms with E-state index in [0.717, 1.165) is 6.07 Å². The predicted molar refractivity (Wildman–Crippen MR) is 64.8 cm³/mol. The van der Waals surface area contributed by atoms with Gasteiger partial charge in [-0.25, -0.2) is 0 Å². The molecule has 110 valence electrons. The molecule has 0 aliphatic heterocycles. The molecule has 0 amide bonds. The summed E-state index contributed by atoms with van der Waals surface area (Å²) in [5.41, 5.74) is -5.59. The third kappa shape index (κ3) is 5.47. The molecule has 1 rings (SSSR count). The van der Waals surface area contributed by atoms with Crippen molar-refractivity contribution in [2.24, 2.45) is 0 Å². The minimum absolute atomic E-state index is 0.450. The first kappa shape index (κ1) is 17.7. The highest BCUT2D eigenvalue weighted by Gasteiger charge is 2.48. The van der Waals surface area contributed by atoms with E-state index in [1.807, 2.05) is 12.5 Å². The second-order valence-corrected chi connectivity index (χ2v) is 5.40. The van der Waals surface area contributed by atoms with Gasteiger partial charge < -0.3 is 14.4 Å². The quantitative estimate of drug-likeness (QED) is 0.642. The number of hydrogen-bond acceptors (Lipinski definition) is 6. The molecule has 0 radical (unpaired) electrons. The largest absolute Gasteiger partial charge is 0.534 e. The second-order valence-electron chi connectivity index (χ2n) is 3.04. The van der Waals surface area contributed by atoms with E-state index in [9.17, 15) is 21.6 Å². The first-order valence-corrected chi connectivity index (χ1v) is 7.52. The van der Waals surface area contributed by atoms with Crippen molar-refractivity contribution in [2.75, 3.05) is 12.5 Å². The van der Waals surface area contributed by atoms with Gasteiger partial charge in [-0.05, 0) is 24.6 Å². The maximum atomic E-state index is 11.9. The molecule has 1 aromatic rings. The number of hydrogen-bond donors (Lipinski definition) is 2. The van der Waals surface area contributed by atoms with E-state index < -0.39 is 32.9 Å². The van der Waals surface area contributed by atoms with E-state index >= 15 is 0 Å². The van der Waals surface area contributed by atoms with Gasteiger partial charge in [-0.15, -0.1) is 0 Å². The number of phenols is 2. The van der Waals surface area contributed by atoms with Crippen molar-refractivity contribution in [1.29, 1.82) is 0 Å². The SMILES string of the molecule is CSC.O=S(=O)(Oc1ccc(O)cc1O)C(F)(F)F. The number of rotatable bonds is 2. The summed E-state index contributed by atoms with van der Waals surface area (Å²) in [7, 11) is -5.83. The van der Waals surface area contributed by atoms with Crippen molar-refractivity contribution in [3.63, 3.8) is 0 Å². The average Bonchev–Trinajstić information content (AvgIpc) is 2.21. The maximum Gasteiger partial charge on any atom is 0.534 e. The molecule has 2 N–H and O–H groups in total. The molecule has 0 saturated heterocycles. The Morgan fingerprint density at radius 3 is 2.05 bits per heavy atom. The number of alkyl halides is 3. The van der Waals surface area contributed by atoms with Gasteiger partial charge in [0.05, 0.1) is 0 Å². The lowest BCUT2D eigenvalue weighted by atomic mass is 10.3. The van der Waals surface area contributed by atoms with E-state index in [-0.39, 0.29) is 0 Å². The van der Waals surface area contributed by atoms with Gasteiger partial charge >= 0.3 is 15.6 Å². The van der Waals surface area contributed by atoms with Crippen LogP contribution in [0.25, 0.3) is 0 Å². The van der Waals surface area contributed by atoms with Gasteiger partial charge in [-0.1, -0.05) is 0 Å². The Bertz CT molecular complexity index is 513. The zero-order valence-electron chi connectivity index (χ0n) is 9.80. The summed E-state index contributed by atoms with van der Waals surface area (Å²) in [6.07, 6.45) is 4.08. The average molecular weight is 320 g/mol. The van der Waals surface area contributed by atoms with Gasteiger partial charge in [-0.3, -0.25) is 0 Å². The van der Waals surface area contributed by atoms with E-state index in [4.69, 9.17) is 10.2 Å². The molecule has 19 heavy (non-hydrogen) atoms. The number of halogens is 3. The molecule has 0 aliphatic carbocycles. The smallest absolute Gasteiger partial charge is 0.508 e. The Morgan fingerprint density at radius 1 is 1.21 bits per heavy atom. The topological polar surface area (TPSA) is 83.8 Å². The van der Waals surface area contributed by atoms with Gasteiger partial charge in [-0.2, -0.15) is 33.4 Å². The minimum atomic E-state index is -5.83. The third-order valence-electron chi connectivity index (χ3n) is 1.43. The summed E-state index contributed by atoms with van der Waals surface area (Å²) in [5, 5.41) is 17.8. The van der Waals surface area contributed by atoms with Gasteiger partial charge in [0.25, 0.3) is 0 Å². The molecule has 0 atom stereocenters. The summed E-state index contributed by atoms with van der Waals surface area (Å²) in [6.45, 7) is 0. The first-order chi connectivity index (χ1) is 8.55. The highest BCUT2D eigenvalue weighted by molar-refractivity contribution is 7.97. The van der Waals surface area contributed by atoms with E-state index in [0.29, 0.717) is 12.1 Å². The van der Waals surface area contributed by atoms with Crippen LogP contribution in [-0.2, 0) is 10.1 Å². The molecular formula is C9H11F3O5S2. The first-order valence-electron chi connectivity index (χ1n) is 4.48. The lowest BCUT2D eigenvalue weighted by Crippen LogP contribution is -2.28. The van der Waals surface area contributed by atoms with Crippen LogP contribution in [0.3, 0.4) is 0 Å². The van der Waals surface area contributed by atoms with E-state index in [1.54, 1.807) is 11.8 Å². The van der Waals surface area contributed by atoms with Gasteiger partial charge in [0.1, 0.15) is 5.75 Å². The molecule has 0 spiro atoms. The Balaban J connectivity index is 0.000000982. The molecule has 1 aromatic carbocycles. The highest BCUT2D eigenvalue weighted by atomic mass is 32.2. The Morgan fingerprint density at radius 2 is 1.68 bits per heavy atom. The summed E-state index contributed by atoms with van der Waals surface area (Å²) in [5.74, 6) is -2.29. The molecule has 0 aromatic heterocycles. The van der Waals surface area contributed by atoms with Crippen LogP contribution in [0.15, 0.2) is 18.2 Å². The number of aromatic hydroxyl groups is 2. The van der Waals surface area contributed by atoms with Gasteiger partial charge in [0.15, 0.2) is 11.5 Å². The number of phenolic OH excluding ortho intramolecular Hbond substituents is 2. The number of benzene rings is 1.